The molecular weight excluding hydrogens is 234 g/mol. The van der Waals surface area contributed by atoms with E-state index in [9.17, 15) is 0 Å². The largest absolute Gasteiger partial charge is 0.494 e. The molecule has 0 saturated carbocycles. The van der Waals surface area contributed by atoms with Gasteiger partial charge in [-0.15, -0.1) is 11.3 Å². The third kappa shape index (κ3) is 2.57. The number of hydrogen-bond acceptors (Lipinski definition) is 5. The molecule has 0 radical (unpaired) electrons. The lowest BCUT2D eigenvalue weighted by atomic mass is 10.1. The summed E-state index contributed by atoms with van der Waals surface area (Å²) in [6.07, 6.45) is 0. The van der Waals surface area contributed by atoms with Crippen LogP contribution in [-0.4, -0.2) is 11.6 Å². The molecule has 17 heavy (non-hydrogen) atoms. The highest BCUT2D eigenvalue weighted by Crippen LogP contribution is 2.30. The Morgan fingerprint density at radius 2 is 2.06 bits per heavy atom. The molecule has 2 rings (SSSR count). The average Bonchev–Trinajstić information content (AvgIpc) is 2.72. The molecule has 90 valence electrons. The van der Waals surface area contributed by atoms with Gasteiger partial charge in [0.2, 0.25) is 0 Å². The Morgan fingerprint density at radius 1 is 1.35 bits per heavy atom. The Bertz CT molecular complexity index is 493. The molecular formula is C12H15N3OS. The second-order valence-corrected chi connectivity index (χ2v) is 4.73. The Morgan fingerprint density at radius 3 is 2.59 bits per heavy atom. The molecule has 0 spiro atoms. The van der Waals surface area contributed by atoms with Gasteiger partial charge in [0.05, 0.1) is 12.3 Å². The number of nitrogens with two attached hydrogens (primary N) is 1. The standard InChI is InChI=1S/C12H15N3OS/c1-3-16-10-6-4-9(5-7-10)11-8(2)17-12(14-11)15-13/h4-7H,3,13H2,1-2H3,(H,14,15). The lowest BCUT2D eigenvalue weighted by Crippen LogP contribution is -2.05. The predicted molar refractivity (Wildman–Crippen MR) is 71.3 cm³/mol. The van der Waals surface area contributed by atoms with Gasteiger partial charge < -0.3 is 4.74 Å². The maximum Gasteiger partial charge on any atom is 0.197 e. The van der Waals surface area contributed by atoms with Crippen molar-refractivity contribution in [3.63, 3.8) is 0 Å². The Labute approximate surface area is 104 Å². The number of benzene rings is 1. The SMILES string of the molecule is CCOc1ccc(-c2nc(NN)sc2C)cc1. The van der Waals surface area contributed by atoms with Gasteiger partial charge in [0.1, 0.15) is 5.75 Å². The zero-order valence-corrected chi connectivity index (χ0v) is 10.7. The molecule has 0 saturated heterocycles. The summed E-state index contributed by atoms with van der Waals surface area (Å²) in [4.78, 5) is 5.56. The van der Waals surface area contributed by atoms with Gasteiger partial charge in [-0.3, -0.25) is 5.43 Å². The van der Waals surface area contributed by atoms with Gasteiger partial charge in [-0.2, -0.15) is 0 Å². The first-order chi connectivity index (χ1) is 8.24. The van der Waals surface area contributed by atoms with E-state index in [1.54, 1.807) is 11.3 Å². The maximum absolute atomic E-state index is 5.40. The quantitative estimate of drug-likeness (QED) is 0.646. The summed E-state index contributed by atoms with van der Waals surface area (Å²) in [6.45, 7) is 4.68. The number of ether oxygens (including phenoxy) is 1. The van der Waals surface area contributed by atoms with E-state index < -0.39 is 0 Å². The summed E-state index contributed by atoms with van der Waals surface area (Å²) < 4.78 is 5.40. The van der Waals surface area contributed by atoms with E-state index in [1.165, 1.54) is 0 Å². The molecule has 1 aromatic heterocycles. The number of rotatable bonds is 4. The van der Waals surface area contributed by atoms with Crippen molar-refractivity contribution in [1.82, 2.24) is 4.98 Å². The zero-order chi connectivity index (χ0) is 12.3. The van der Waals surface area contributed by atoms with Crippen LogP contribution >= 0.6 is 11.3 Å². The van der Waals surface area contributed by atoms with E-state index in [2.05, 4.69) is 10.4 Å². The van der Waals surface area contributed by atoms with Crippen LogP contribution in [0.15, 0.2) is 24.3 Å². The molecule has 0 atom stereocenters. The summed E-state index contributed by atoms with van der Waals surface area (Å²) in [5, 5.41) is 0.728. The number of aryl methyl sites for hydroxylation is 1. The van der Waals surface area contributed by atoms with E-state index in [0.29, 0.717) is 6.61 Å². The van der Waals surface area contributed by atoms with E-state index in [1.807, 2.05) is 38.1 Å². The number of aromatic nitrogens is 1. The molecule has 0 aliphatic rings. The second-order valence-electron chi connectivity index (χ2n) is 3.53. The third-order valence-electron chi connectivity index (χ3n) is 2.36. The molecule has 5 heteroatoms. The third-order valence-corrected chi connectivity index (χ3v) is 3.26. The summed E-state index contributed by atoms with van der Waals surface area (Å²) in [5.74, 6) is 6.23. The van der Waals surface area contributed by atoms with Gasteiger partial charge in [0.15, 0.2) is 5.13 Å². The summed E-state index contributed by atoms with van der Waals surface area (Å²) >= 11 is 1.55. The topological polar surface area (TPSA) is 60.2 Å². The smallest absolute Gasteiger partial charge is 0.197 e. The highest BCUT2D eigenvalue weighted by Gasteiger charge is 2.08. The fourth-order valence-electron chi connectivity index (χ4n) is 1.60. The van der Waals surface area contributed by atoms with Gasteiger partial charge in [-0.05, 0) is 38.1 Å². The molecule has 0 amide bonds. The van der Waals surface area contributed by atoms with Gasteiger partial charge >= 0.3 is 0 Å². The second kappa shape index (κ2) is 5.16. The van der Waals surface area contributed by atoms with Gasteiger partial charge in [0, 0.05) is 10.4 Å². The number of nitrogens with zero attached hydrogens (tertiary/aromatic N) is 1. The normalized spacial score (nSPS) is 10.3. The molecule has 0 aliphatic carbocycles. The van der Waals surface area contributed by atoms with Crippen molar-refractivity contribution in [2.75, 3.05) is 12.0 Å². The van der Waals surface area contributed by atoms with E-state index >= 15 is 0 Å². The van der Waals surface area contributed by atoms with E-state index in [0.717, 1.165) is 27.0 Å². The van der Waals surface area contributed by atoms with Crippen LogP contribution in [0.1, 0.15) is 11.8 Å². The molecule has 0 aliphatic heterocycles. The lowest BCUT2D eigenvalue weighted by molar-refractivity contribution is 0.340. The fourth-order valence-corrected chi connectivity index (χ4v) is 2.35. The number of hydrazine groups is 1. The fraction of sp³-hybridized carbons (Fsp3) is 0.250. The van der Waals surface area contributed by atoms with Crippen molar-refractivity contribution in [3.05, 3.63) is 29.1 Å². The van der Waals surface area contributed by atoms with E-state index in [-0.39, 0.29) is 0 Å². The van der Waals surface area contributed by atoms with Crippen LogP contribution in [-0.2, 0) is 0 Å². The predicted octanol–water partition coefficient (Wildman–Crippen LogP) is 2.80. The Balaban J connectivity index is 2.29. The number of nitrogens with one attached hydrogen (secondary N) is 1. The Hall–Kier alpha value is -1.59. The maximum atomic E-state index is 5.40. The van der Waals surface area contributed by atoms with Crippen molar-refractivity contribution in [3.8, 4) is 17.0 Å². The minimum absolute atomic E-state index is 0.677. The van der Waals surface area contributed by atoms with Crippen LogP contribution in [0.2, 0.25) is 0 Å². The zero-order valence-electron chi connectivity index (χ0n) is 9.86. The van der Waals surface area contributed by atoms with Gasteiger partial charge in [0.25, 0.3) is 0 Å². The molecule has 1 aromatic carbocycles. The minimum Gasteiger partial charge on any atom is -0.494 e. The molecule has 0 unspecified atom stereocenters. The van der Waals surface area contributed by atoms with Crippen LogP contribution in [0, 0.1) is 6.92 Å². The summed E-state index contributed by atoms with van der Waals surface area (Å²) in [6, 6.07) is 7.92. The molecule has 1 heterocycles. The van der Waals surface area contributed by atoms with Gasteiger partial charge in [-0.25, -0.2) is 10.8 Å². The average molecular weight is 249 g/mol. The van der Waals surface area contributed by atoms with Crippen molar-refractivity contribution in [2.24, 2.45) is 5.84 Å². The van der Waals surface area contributed by atoms with Crippen molar-refractivity contribution >= 4 is 16.5 Å². The van der Waals surface area contributed by atoms with Crippen molar-refractivity contribution < 1.29 is 4.74 Å². The van der Waals surface area contributed by atoms with Crippen molar-refractivity contribution in [1.29, 1.82) is 0 Å². The van der Waals surface area contributed by atoms with Crippen LogP contribution in [0.25, 0.3) is 11.3 Å². The molecule has 0 fully saturated rings. The highest BCUT2D eigenvalue weighted by molar-refractivity contribution is 7.15. The molecule has 2 aromatic rings. The van der Waals surface area contributed by atoms with E-state index in [4.69, 9.17) is 10.6 Å². The van der Waals surface area contributed by atoms with Crippen LogP contribution in [0.3, 0.4) is 0 Å². The first-order valence-corrected chi connectivity index (χ1v) is 6.23. The van der Waals surface area contributed by atoms with Crippen molar-refractivity contribution in [2.45, 2.75) is 13.8 Å². The van der Waals surface area contributed by atoms with Crippen LogP contribution in [0.4, 0.5) is 5.13 Å². The molecule has 4 nitrogen and oxygen atoms in total. The number of thiazole rings is 1. The molecule has 0 bridgehead atoms. The van der Waals surface area contributed by atoms with Gasteiger partial charge in [-0.1, -0.05) is 0 Å². The highest BCUT2D eigenvalue weighted by atomic mass is 32.1. The Kier molecular flexibility index (Phi) is 3.61. The summed E-state index contributed by atoms with van der Waals surface area (Å²) in [7, 11) is 0. The number of hydrogen-bond donors (Lipinski definition) is 2. The molecule has 3 N–H and O–H groups in total. The lowest BCUT2D eigenvalue weighted by Gasteiger charge is -2.03. The number of nitrogen functional groups attached to an aromatic ring is 1. The minimum atomic E-state index is 0.677. The van der Waals surface area contributed by atoms with Crippen LogP contribution in [0.5, 0.6) is 5.75 Å². The number of anilines is 1. The monoisotopic (exact) mass is 249 g/mol. The first-order valence-electron chi connectivity index (χ1n) is 5.42. The summed E-state index contributed by atoms with van der Waals surface area (Å²) in [5.41, 5.74) is 4.61. The first kappa shape index (κ1) is 11.9. The van der Waals surface area contributed by atoms with Crippen LogP contribution < -0.4 is 16.0 Å².